The topological polar surface area (TPSA) is 98.8 Å². The molecule has 2 atom stereocenters. The first-order valence-electron chi connectivity index (χ1n) is 10.9. The smallest absolute Gasteiger partial charge is 0.251 e. The van der Waals surface area contributed by atoms with E-state index in [1.54, 1.807) is 0 Å². The van der Waals surface area contributed by atoms with E-state index in [0.717, 1.165) is 48.6 Å². The maximum absolute atomic E-state index is 12.3. The van der Waals surface area contributed by atoms with E-state index in [4.69, 9.17) is 0 Å². The molecule has 0 bridgehead atoms. The predicted octanol–water partition coefficient (Wildman–Crippen LogP) is 1.54. The van der Waals surface area contributed by atoms with Crippen LogP contribution in [0.25, 0.3) is 0 Å². The third kappa shape index (κ3) is 7.90. The molecule has 0 saturated carbocycles. The third-order valence-corrected chi connectivity index (χ3v) is 7.26. The summed E-state index contributed by atoms with van der Waals surface area (Å²) in [5.41, 5.74) is 0.195. The van der Waals surface area contributed by atoms with Crippen molar-refractivity contribution in [1.82, 2.24) is 19.8 Å². The Kier molecular flexibility index (Phi) is 9.46. The number of hydrogen-bond donors (Lipinski definition) is 2. The van der Waals surface area contributed by atoms with Crippen molar-refractivity contribution >= 4 is 21.8 Å². The number of carbonyl (C=O) groups excluding carboxylic acids is 2. The summed E-state index contributed by atoms with van der Waals surface area (Å²) in [5.74, 6) is 0.747. The second kappa shape index (κ2) is 11.6. The number of piperidine rings is 1. The van der Waals surface area contributed by atoms with Gasteiger partial charge in [-0.2, -0.15) is 0 Å². The molecule has 9 heteroatoms. The Labute approximate surface area is 186 Å². The number of carbonyl (C=O) groups is 2. The summed E-state index contributed by atoms with van der Waals surface area (Å²) in [6.45, 7) is 8.38. The standard InChI is InChI=1S/C22H36N4O4S/c1-17-12-18(2)16-26(15-17)11-6-5-10-23-21(27)14-24-22(28)19-8-7-9-20(13-19)31(29,30)25(3)4/h7-9,13,17-18H,5-6,10-12,14-16H2,1-4H3,(H,23,27)(H,24,28). The Hall–Kier alpha value is -1.97. The molecule has 8 nitrogen and oxygen atoms in total. The van der Waals surface area contributed by atoms with Gasteiger partial charge in [0, 0.05) is 39.3 Å². The Morgan fingerprint density at radius 3 is 2.42 bits per heavy atom. The van der Waals surface area contributed by atoms with E-state index in [2.05, 4.69) is 29.4 Å². The van der Waals surface area contributed by atoms with Crippen LogP contribution >= 0.6 is 0 Å². The Bertz CT molecular complexity index is 847. The highest BCUT2D eigenvalue weighted by atomic mass is 32.2. The quantitative estimate of drug-likeness (QED) is 0.525. The van der Waals surface area contributed by atoms with Crippen LogP contribution in [-0.2, 0) is 14.8 Å². The first-order valence-corrected chi connectivity index (χ1v) is 12.3. The van der Waals surface area contributed by atoms with Crippen molar-refractivity contribution in [2.24, 2.45) is 11.8 Å². The number of nitrogens with zero attached hydrogens (tertiary/aromatic N) is 2. The van der Waals surface area contributed by atoms with Crippen LogP contribution < -0.4 is 10.6 Å². The minimum atomic E-state index is -3.63. The van der Waals surface area contributed by atoms with Gasteiger partial charge < -0.3 is 15.5 Å². The number of amides is 2. The fraction of sp³-hybridized carbons (Fsp3) is 0.636. The van der Waals surface area contributed by atoms with Crippen LogP contribution in [-0.4, -0.2) is 76.3 Å². The van der Waals surface area contributed by atoms with Gasteiger partial charge in [0.2, 0.25) is 15.9 Å². The third-order valence-electron chi connectivity index (χ3n) is 5.45. The van der Waals surface area contributed by atoms with Gasteiger partial charge in [0.05, 0.1) is 11.4 Å². The van der Waals surface area contributed by atoms with Crippen LogP contribution in [0, 0.1) is 11.8 Å². The molecule has 1 heterocycles. The van der Waals surface area contributed by atoms with Gasteiger partial charge in [0.15, 0.2) is 0 Å². The fourth-order valence-corrected chi connectivity index (χ4v) is 4.94. The number of sulfonamides is 1. The van der Waals surface area contributed by atoms with Gasteiger partial charge in [-0.1, -0.05) is 19.9 Å². The molecule has 0 radical (unpaired) electrons. The first-order chi connectivity index (χ1) is 14.6. The molecule has 1 aromatic carbocycles. The minimum absolute atomic E-state index is 0.0343. The molecule has 1 aliphatic rings. The SMILES string of the molecule is CC1CC(C)CN(CCCCNC(=O)CNC(=O)c2cccc(S(=O)(=O)N(C)C)c2)C1. The summed E-state index contributed by atoms with van der Waals surface area (Å²) in [6, 6.07) is 5.77. The van der Waals surface area contributed by atoms with Crippen LogP contribution in [0.5, 0.6) is 0 Å². The number of rotatable bonds is 10. The molecule has 2 unspecified atom stereocenters. The summed E-state index contributed by atoms with van der Waals surface area (Å²) in [7, 11) is -0.765. The van der Waals surface area contributed by atoms with E-state index in [-0.39, 0.29) is 22.9 Å². The van der Waals surface area contributed by atoms with E-state index >= 15 is 0 Å². The van der Waals surface area contributed by atoms with E-state index in [0.29, 0.717) is 6.54 Å². The molecule has 0 aliphatic carbocycles. The number of unbranched alkanes of at least 4 members (excludes halogenated alkanes) is 1. The molecule has 2 rings (SSSR count). The van der Waals surface area contributed by atoms with Crippen molar-refractivity contribution in [2.45, 2.75) is 38.0 Å². The largest absolute Gasteiger partial charge is 0.355 e. The van der Waals surface area contributed by atoms with Gasteiger partial charge in [-0.05, 0) is 55.8 Å². The molecule has 174 valence electrons. The highest BCUT2D eigenvalue weighted by Gasteiger charge is 2.21. The molecule has 2 N–H and O–H groups in total. The van der Waals surface area contributed by atoms with E-state index in [1.807, 2.05) is 0 Å². The van der Waals surface area contributed by atoms with Crippen LogP contribution in [0.3, 0.4) is 0 Å². The zero-order valence-electron chi connectivity index (χ0n) is 19.1. The molecule has 0 aromatic heterocycles. The molecule has 31 heavy (non-hydrogen) atoms. The van der Waals surface area contributed by atoms with E-state index in [1.165, 1.54) is 44.8 Å². The van der Waals surface area contributed by atoms with Gasteiger partial charge in [0.1, 0.15) is 0 Å². The van der Waals surface area contributed by atoms with Gasteiger partial charge in [-0.3, -0.25) is 9.59 Å². The van der Waals surface area contributed by atoms with Crippen molar-refractivity contribution in [3.63, 3.8) is 0 Å². The maximum Gasteiger partial charge on any atom is 0.251 e. The predicted molar refractivity (Wildman–Crippen MR) is 121 cm³/mol. The highest BCUT2D eigenvalue weighted by molar-refractivity contribution is 7.89. The van der Waals surface area contributed by atoms with Gasteiger partial charge >= 0.3 is 0 Å². The van der Waals surface area contributed by atoms with Crippen molar-refractivity contribution in [1.29, 1.82) is 0 Å². The summed E-state index contributed by atoms with van der Waals surface area (Å²) in [5, 5.41) is 5.36. The van der Waals surface area contributed by atoms with Gasteiger partial charge in [0.25, 0.3) is 5.91 Å². The highest BCUT2D eigenvalue weighted by Crippen LogP contribution is 2.21. The average molecular weight is 453 g/mol. The lowest BCUT2D eigenvalue weighted by molar-refractivity contribution is -0.120. The number of nitrogens with one attached hydrogen (secondary N) is 2. The molecule has 1 fully saturated rings. The lowest BCUT2D eigenvalue weighted by Gasteiger charge is -2.34. The van der Waals surface area contributed by atoms with Crippen LogP contribution in [0.2, 0.25) is 0 Å². The van der Waals surface area contributed by atoms with Crippen molar-refractivity contribution < 1.29 is 18.0 Å². The van der Waals surface area contributed by atoms with E-state index < -0.39 is 15.9 Å². The minimum Gasteiger partial charge on any atom is -0.355 e. The number of likely N-dealkylation sites (tertiary alicyclic amines) is 1. The fourth-order valence-electron chi connectivity index (χ4n) is 4.00. The maximum atomic E-state index is 12.3. The lowest BCUT2D eigenvalue weighted by Crippen LogP contribution is -2.39. The number of hydrogen-bond acceptors (Lipinski definition) is 5. The van der Waals surface area contributed by atoms with Crippen molar-refractivity contribution in [3.8, 4) is 0 Å². The second-order valence-corrected chi connectivity index (χ2v) is 10.9. The zero-order chi connectivity index (χ0) is 23.0. The second-order valence-electron chi connectivity index (χ2n) is 8.76. The Morgan fingerprint density at radius 1 is 1.10 bits per heavy atom. The van der Waals surface area contributed by atoms with Crippen molar-refractivity contribution in [2.75, 3.05) is 46.8 Å². The van der Waals surface area contributed by atoms with Gasteiger partial charge in [-0.15, -0.1) is 0 Å². The Morgan fingerprint density at radius 2 is 1.77 bits per heavy atom. The zero-order valence-corrected chi connectivity index (χ0v) is 19.9. The summed E-state index contributed by atoms with van der Waals surface area (Å²) in [4.78, 5) is 26.8. The normalized spacial score (nSPS) is 19.9. The number of benzene rings is 1. The molecular formula is C22H36N4O4S. The molecule has 1 aliphatic heterocycles. The van der Waals surface area contributed by atoms with Gasteiger partial charge in [-0.25, -0.2) is 12.7 Å². The molecule has 0 spiro atoms. The monoisotopic (exact) mass is 452 g/mol. The molecular weight excluding hydrogens is 416 g/mol. The summed E-state index contributed by atoms with van der Waals surface area (Å²) < 4.78 is 25.5. The molecule has 1 aromatic rings. The van der Waals surface area contributed by atoms with Crippen LogP contribution in [0.15, 0.2) is 29.2 Å². The summed E-state index contributed by atoms with van der Waals surface area (Å²) >= 11 is 0. The first kappa shape index (κ1) is 25.3. The molecule has 1 saturated heterocycles. The Balaban J connectivity index is 1.69. The van der Waals surface area contributed by atoms with Crippen molar-refractivity contribution in [3.05, 3.63) is 29.8 Å². The van der Waals surface area contributed by atoms with Crippen LogP contribution in [0.4, 0.5) is 0 Å². The lowest BCUT2D eigenvalue weighted by atomic mass is 9.92. The summed E-state index contributed by atoms with van der Waals surface area (Å²) in [6.07, 6.45) is 3.22. The average Bonchev–Trinajstić information content (AvgIpc) is 2.71. The van der Waals surface area contributed by atoms with E-state index in [9.17, 15) is 18.0 Å². The van der Waals surface area contributed by atoms with Crippen LogP contribution in [0.1, 0.15) is 43.5 Å². The molecule has 2 amide bonds.